The maximum atomic E-state index is 13.6. The van der Waals surface area contributed by atoms with Crippen LogP contribution in [-0.2, 0) is 22.7 Å². The first kappa shape index (κ1) is 27.7. The fraction of sp³-hybridized carbons (Fsp3) is 0.429. The number of amides is 2. The van der Waals surface area contributed by atoms with Crippen molar-refractivity contribution in [3.05, 3.63) is 57.2 Å². The molecule has 0 spiro atoms. The molecule has 208 valence electrons. The minimum atomic E-state index is -0.707. The van der Waals surface area contributed by atoms with Crippen LogP contribution < -0.4 is 36.1 Å². The SMILES string of the molecule is CCOc1ccccc1NC(=O)Cn1c(=O)n(CCC(=O)NC2CCCC2)c(=O)c2cc(OC)c(OC)cc21. The minimum absolute atomic E-state index is 0.0433. The molecule has 0 aliphatic heterocycles. The van der Waals surface area contributed by atoms with Gasteiger partial charge in [-0.1, -0.05) is 25.0 Å². The summed E-state index contributed by atoms with van der Waals surface area (Å²) in [6.07, 6.45) is 3.96. The number of rotatable bonds is 11. The van der Waals surface area contributed by atoms with E-state index in [1.165, 1.54) is 30.9 Å². The van der Waals surface area contributed by atoms with E-state index in [4.69, 9.17) is 14.2 Å². The Bertz CT molecular complexity index is 1470. The first-order chi connectivity index (χ1) is 18.9. The summed E-state index contributed by atoms with van der Waals surface area (Å²) in [5, 5.41) is 5.91. The van der Waals surface area contributed by atoms with Crippen LogP contribution in [0.15, 0.2) is 46.0 Å². The Labute approximate surface area is 225 Å². The van der Waals surface area contributed by atoms with Gasteiger partial charge in [0.2, 0.25) is 11.8 Å². The lowest BCUT2D eigenvalue weighted by atomic mass is 10.2. The van der Waals surface area contributed by atoms with Crippen molar-refractivity contribution in [2.75, 3.05) is 26.1 Å². The fourth-order valence-corrected chi connectivity index (χ4v) is 4.86. The summed E-state index contributed by atoms with van der Waals surface area (Å²) in [6.45, 7) is 1.73. The highest BCUT2D eigenvalue weighted by molar-refractivity contribution is 5.93. The summed E-state index contributed by atoms with van der Waals surface area (Å²) in [4.78, 5) is 52.7. The molecule has 1 aliphatic rings. The Morgan fingerprint density at radius 2 is 1.64 bits per heavy atom. The van der Waals surface area contributed by atoms with Gasteiger partial charge in [0.15, 0.2) is 11.5 Å². The standard InChI is InChI=1S/C28H34N4O7/c1-4-39-22-12-8-7-11-20(22)30-26(34)17-32-21-16-24(38-3)23(37-2)15-19(21)27(35)31(28(32)36)14-13-25(33)29-18-9-5-6-10-18/h7-8,11-12,15-16,18H,4-6,9-10,13-14,17H2,1-3H3,(H,29,33)(H,30,34). The second-order valence-corrected chi connectivity index (χ2v) is 9.33. The summed E-state index contributed by atoms with van der Waals surface area (Å²) >= 11 is 0. The van der Waals surface area contributed by atoms with Crippen LogP contribution >= 0.6 is 0 Å². The van der Waals surface area contributed by atoms with E-state index >= 15 is 0 Å². The van der Waals surface area contributed by atoms with E-state index in [-0.39, 0.29) is 42.4 Å². The van der Waals surface area contributed by atoms with E-state index in [9.17, 15) is 19.2 Å². The largest absolute Gasteiger partial charge is 0.493 e. The van der Waals surface area contributed by atoms with E-state index in [0.29, 0.717) is 29.5 Å². The van der Waals surface area contributed by atoms with Gasteiger partial charge < -0.3 is 24.8 Å². The second kappa shape index (κ2) is 12.5. The lowest BCUT2D eigenvalue weighted by Gasteiger charge is -2.17. The first-order valence-electron chi connectivity index (χ1n) is 13.1. The third-order valence-electron chi connectivity index (χ3n) is 6.78. The Morgan fingerprint density at radius 3 is 2.33 bits per heavy atom. The smallest absolute Gasteiger partial charge is 0.331 e. The van der Waals surface area contributed by atoms with Crippen molar-refractivity contribution < 1.29 is 23.8 Å². The lowest BCUT2D eigenvalue weighted by Crippen LogP contribution is -2.43. The monoisotopic (exact) mass is 538 g/mol. The maximum Gasteiger partial charge on any atom is 0.331 e. The normalized spacial score (nSPS) is 13.3. The van der Waals surface area contributed by atoms with Crippen LogP contribution in [0.2, 0.25) is 0 Å². The predicted octanol–water partition coefficient (Wildman–Crippen LogP) is 2.67. The molecule has 2 aromatic carbocycles. The number of benzene rings is 2. The van der Waals surface area contributed by atoms with Gasteiger partial charge in [-0.25, -0.2) is 4.79 Å². The van der Waals surface area contributed by atoms with Crippen molar-refractivity contribution in [2.24, 2.45) is 0 Å². The van der Waals surface area contributed by atoms with Crippen LogP contribution in [0.1, 0.15) is 39.0 Å². The number of nitrogens with zero attached hydrogens (tertiary/aromatic N) is 2. The van der Waals surface area contributed by atoms with Crippen molar-refractivity contribution in [1.29, 1.82) is 0 Å². The molecule has 0 bridgehead atoms. The number of fused-ring (bicyclic) bond motifs is 1. The molecule has 4 rings (SSSR count). The van der Waals surface area contributed by atoms with Gasteiger partial charge in [-0.2, -0.15) is 0 Å². The number of carbonyl (C=O) groups is 2. The summed E-state index contributed by atoms with van der Waals surface area (Å²) in [5.74, 6) is 0.374. The van der Waals surface area contributed by atoms with E-state index in [0.717, 1.165) is 30.3 Å². The van der Waals surface area contributed by atoms with Gasteiger partial charge in [-0.15, -0.1) is 0 Å². The van der Waals surface area contributed by atoms with Crippen molar-refractivity contribution in [3.8, 4) is 17.2 Å². The van der Waals surface area contributed by atoms with Crippen LogP contribution in [0.5, 0.6) is 17.2 Å². The lowest BCUT2D eigenvalue weighted by molar-refractivity contribution is -0.122. The van der Waals surface area contributed by atoms with Crippen LogP contribution in [0.25, 0.3) is 10.9 Å². The van der Waals surface area contributed by atoms with Crippen LogP contribution in [0.4, 0.5) is 5.69 Å². The average Bonchev–Trinajstić information content (AvgIpc) is 3.44. The van der Waals surface area contributed by atoms with Crippen LogP contribution in [0.3, 0.4) is 0 Å². The zero-order valence-electron chi connectivity index (χ0n) is 22.5. The van der Waals surface area contributed by atoms with Gasteiger partial charge in [0, 0.05) is 25.1 Å². The van der Waals surface area contributed by atoms with Crippen molar-refractivity contribution in [2.45, 2.75) is 58.2 Å². The number of carbonyl (C=O) groups excluding carboxylic acids is 2. The van der Waals surface area contributed by atoms with Crippen molar-refractivity contribution >= 4 is 28.4 Å². The van der Waals surface area contributed by atoms with Gasteiger partial charge in [0.25, 0.3) is 5.56 Å². The number of nitrogens with one attached hydrogen (secondary N) is 2. The first-order valence-corrected chi connectivity index (χ1v) is 13.1. The molecule has 11 nitrogen and oxygen atoms in total. The molecule has 11 heteroatoms. The van der Waals surface area contributed by atoms with Crippen LogP contribution in [0, 0.1) is 0 Å². The summed E-state index contributed by atoms with van der Waals surface area (Å²) in [7, 11) is 2.88. The molecule has 1 aromatic heterocycles. The zero-order chi connectivity index (χ0) is 27.9. The molecule has 0 saturated heterocycles. The number of hydrogen-bond donors (Lipinski definition) is 2. The molecule has 1 fully saturated rings. The Kier molecular flexibility index (Phi) is 8.90. The molecular formula is C28H34N4O7. The van der Waals surface area contributed by atoms with Gasteiger partial charge in [-0.05, 0) is 38.0 Å². The molecule has 0 unspecified atom stereocenters. The molecule has 2 N–H and O–H groups in total. The highest BCUT2D eigenvalue weighted by Gasteiger charge is 2.21. The molecule has 3 aromatic rings. The summed E-state index contributed by atoms with van der Waals surface area (Å²) in [6, 6.07) is 10.1. The Morgan fingerprint density at radius 1 is 0.949 bits per heavy atom. The molecule has 1 heterocycles. The molecule has 1 aliphatic carbocycles. The molecule has 39 heavy (non-hydrogen) atoms. The quantitative estimate of drug-likeness (QED) is 0.384. The van der Waals surface area contributed by atoms with Gasteiger partial charge >= 0.3 is 5.69 Å². The van der Waals surface area contributed by atoms with E-state index < -0.39 is 17.2 Å². The van der Waals surface area contributed by atoms with Gasteiger partial charge in [0.05, 0.1) is 37.4 Å². The number of para-hydroxylation sites is 2. The highest BCUT2D eigenvalue weighted by atomic mass is 16.5. The fourth-order valence-electron chi connectivity index (χ4n) is 4.86. The third kappa shape index (κ3) is 6.24. The third-order valence-corrected chi connectivity index (χ3v) is 6.78. The minimum Gasteiger partial charge on any atom is -0.493 e. The van der Waals surface area contributed by atoms with Crippen molar-refractivity contribution in [3.63, 3.8) is 0 Å². The summed E-state index contributed by atoms with van der Waals surface area (Å²) < 4.78 is 18.5. The van der Waals surface area contributed by atoms with Gasteiger partial charge in [-0.3, -0.25) is 23.5 Å². The number of aromatic nitrogens is 2. The molecule has 0 atom stereocenters. The molecule has 2 amide bonds. The Balaban J connectivity index is 1.70. The molecular weight excluding hydrogens is 504 g/mol. The van der Waals surface area contributed by atoms with Gasteiger partial charge in [0.1, 0.15) is 12.3 Å². The van der Waals surface area contributed by atoms with Crippen molar-refractivity contribution in [1.82, 2.24) is 14.5 Å². The topological polar surface area (TPSA) is 130 Å². The number of hydrogen-bond acceptors (Lipinski definition) is 7. The molecule has 0 radical (unpaired) electrons. The zero-order valence-corrected chi connectivity index (χ0v) is 22.5. The number of anilines is 1. The maximum absolute atomic E-state index is 13.6. The molecule has 1 saturated carbocycles. The Hall–Kier alpha value is -4.28. The number of ether oxygens (including phenoxy) is 3. The van der Waals surface area contributed by atoms with E-state index in [2.05, 4.69) is 10.6 Å². The average molecular weight is 539 g/mol. The second-order valence-electron chi connectivity index (χ2n) is 9.33. The van der Waals surface area contributed by atoms with E-state index in [1.54, 1.807) is 24.3 Å². The summed E-state index contributed by atoms with van der Waals surface area (Å²) in [5.41, 5.74) is -0.620. The number of methoxy groups -OCH3 is 2. The van der Waals surface area contributed by atoms with Crippen LogP contribution in [-0.4, -0.2) is 47.8 Å². The highest BCUT2D eigenvalue weighted by Crippen LogP contribution is 2.30. The predicted molar refractivity (Wildman–Crippen MR) is 147 cm³/mol. The van der Waals surface area contributed by atoms with E-state index in [1.807, 2.05) is 6.92 Å².